The molecule has 0 saturated carbocycles. The smallest absolute Gasteiger partial charge is 0.143 e. The highest BCUT2D eigenvalue weighted by Crippen LogP contribution is 2.59. The molecule has 65 heavy (non-hydrogen) atoms. The third-order valence-corrected chi connectivity index (χ3v) is 15.8. The highest BCUT2D eigenvalue weighted by Gasteiger charge is 2.46. The quantitative estimate of drug-likeness (QED) is 0.172. The van der Waals surface area contributed by atoms with Crippen molar-refractivity contribution in [2.24, 2.45) is 0 Å². The van der Waals surface area contributed by atoms with Gasteiger partial charge >= 0.3 is 0 Å². The maximum atomic E-state index is 6.95. The van der Waals surface area contributed by atoms with E-state index in [1.54, 1.807) is 0 Å². The number of thiophene rings is 1. The summed E-state index contributed by atoms with van der Waals surface area (Å²) >= 11 is 1.89. The molecule has 0 bridgehead atoms. The number of hydrogen-bond acceptors (Lipinski definition) is 3. The first-order chi connectivity index (χ1) is 32.0. The number of furan rings is 1. The summed E-state index contributed by atoms with van der Waals surface area (Å²) in [7, 11) is 0. The van der Waals surface area contributed by atoms with Crippen molar-refractivity contribution in [1.29, 1.82) is 0 Å². The van der Waals surface area contributed by atoms with Gasteiger partial charge in [0.1, 0.15) is 11.2 Å². The van der Waals surface area contributed by atoms with E-state index in [2.05, 4.69) is 231 Å². The lowest BCUT2D eigenvalue weighted by atomic mass is 9.67. The molecule has 0 unspecified atom stereocenters. The van der Waals surface area contributed by atoms with Crippen molar-refractivity contribution in [3.05, 3.63) is 246 Å². The van der Waals surface area contributed by atoms with Crippen molar-refractivity contribution in [2.75, 3.05) is 4.90 Å². The van der Waals surface area contributed by atoms with Crippen LogP contribution in [0.1, 0.15) is 47.2 Å². The molecule has 10 aromatic carbocycles. The SMILES string of the molecule is CC1(C)c2ccccc2-c2ccc(N(c3ccc4c(c3)oc3c5ccccc5ccc43)c3cc(C4(c5ccccc5)c5ccccc5-c5ccccc54)cc4sc5ccccc5c34)cc21. The number of anilines is 3. The average Bonchev–Trinajstić information content (AvgIpc) is 4.07. The van der Waals surface area contributed by atoms with Crippen LogP contribution in [-0.4, -0.2) is 0 Å². The average molecular weight is 848 g/mol. The molecular formula is C62H41NOS. The number of hydrogen-bond donors (Lipinski definition) is 0. The highest BCUT2D eigenvalue weighted by molar-refractivity contribution is 7.26. The van der Waals surface area contributed by atoms with Gasteiger partial charge in [0.15, 0.2) is 0 Å². The summed E-state index contributed by atoms with van der Waals surface area (Å²) in [5.74, 6) is 0. The summed E-state index contributed by atoms with van der Waals surface area (Å²) in [6.07, 6.45) is 0. The largest absolute Gasteiger partial charge is 0.455 e. The van der Waals surface area contributed by atoms with Gasteiger partial charge in [0.05, 0.1) is 11.1 Å². The molecule has 0 fully saturated rings. The van der Waals surface area contributed by atoms with Crippen LogP contribution < -0.4 is 4.90 Å². The van der Waals surface area contributed by atoms with Gasteiger partial charge in [-0.2, -0.15) is 0 Å². The van der Waals surface area contributed by atoms with Gasteiger partial charge in [0, 0.05) is 59.2 Å². The van der Waals surface area contributed by atoms with Gasteiger partial charge < -0.3 is 9.32 Å². The summed E-state index contributed by atoms with van der Waals surface area (Å²) in [5, 5.41) is 7.05. The van der Waals surface area contributed by atoms with Gasteiger partial charge in [0.2, 0.25) is 0 Å². The molecule has 2 aromatic heterocycles. The van der Waals surface area contributed by atoms with Crippen LogP contribution in [0.5, 0.6) is 0 Å². The van der Waals surface area contributed by atoms with E-state index in [1.807, 2.05) is 11.3 Å². The van der Waals surface area contributed by atoms with E-state index in [-0.39, 0.29) is 5.41 Å². The second kappa shape index (κ2) is 13.4. The lowest BCUT2D eigenvalue weighted by molar-refractivity contribution is 0.660. The Kier molecular flexibility index (Phi) is 7.57. The van der Waals surface area contributed by atoms with E-state index < -0.39 is 5.41 Å². The minimum absolute atomic E-state index is 0.182. The molecule has 0 spiro atoms. The second-order valence-electron chi connectivity index (χ2n) is 18.4. The van der Waals surface area contributed by atoms with Crippen LogP contribution in [-0.2, 0) is 10.8 Å². The number of fused-ring (bicyclic) bond motifs is 14. The molecule has 0 saturated heterocycles. The summed E-state index contributed by atoms with van der Waals surface area (Å²) < 4.78 is 9.48. The Bertz CT molecular complexity index is 3900. The Labute approximate surface area is 381 Å². The van der Waals surface area contributed by atoms with Gasteiger partial charge in [-0.05, 0) is 110 Å². The van der Waals surface area contributed by atoms with Crippen LogP contribution in [0.4, 0.5) is 17.1 Å². The first-order valence-electron chi connectivity index (χ1n) is 22.6. The predicted molar refractivity (Wildman–Crippen MR) is 274 cm³/mol. The zero-order valence-electron chi connectivity index (χ0n) is 36.0. The Hall–Kier alpha value is -7.72. The summed E-state index contributed by atoms with van der Waals surface area (Å²) in [6.45, 7) is 4.75. The van der Waals surface area contributed by atoms with Crippen molar-refractivity contribution in [2.45, 2.75) is 24.7 Å². The monoisotopic (exact) mass is 847 g/mol. The van der Waals surface area contributed by atoms with Crippen molar-refractivity contribution >= 4 is 81.3 Å². The van der Waals surface area contributed by atoms with Gasteiger partial charge in [-0.15, -0.1) is 11.3 Å². The third-order valence-electron chi connectivity index (χ3n) is 14.7. The maximum Gasteiger partial charge on any atom is 0.143 e. The van der Waals surface area contributed by atoms with Crippen molar-refractivity contribution in [3.63, 3.8) is 0 Å². The zero-order valence-corrected chi connectivity index (χ0v) is 36.8. The molecule has 2 nitrogen and oxygen atoms in total. The molecule has 2 heterocycles. The van der Waals surface area contributed by atoms with Gasteiger partial charge in [0.25, 0.3) is 0 Å². The van der Waals surface area contributed by atoms with Gasteiger partial charge in [-0.1, -0.05) is 172 Å². The van der Waals surface area contributed by atoms with Crippen molar-refractivity contribution < 1.29 is 4.42 Å². The normalized spacial score (nSPS) is 14.2. The van der Waals surface area contributed by atoms with E-state index in [0.717, 1.165) is 44.4 Å². The van der Waals surface area contributed by atoms with Crippen LogP contribution >= 0.6 is 11.3 Å². The van der Waals surface area contributed by atoms with Gasteiger partial charge in [-0.25, -0.2) is 0 Å². The molecule has 0 aliphatic heterocycles. The first kappa shape index (κ1) is 36.7. The topological polar surface area (TPSA) is 16.4 Å². The number of rotatable bonds is 5. The summed E-state index contributed by atoms with van der Waals surface area (Å²) in [6, 6.07) is 79.2. The third kappa shape index (κ3) is 4.99. The summed E-state index contributed by atoms with van der Waals surface area (Å²) in [5.41, 5.74) is 17.3. The second-order valence-corrected chi connectivity index (χ2v) is 19.4. The fraction of sp³-hybridized carbons (Fsp3) is 0.0645. The lowest BCUT2D eigenvalue weighted by Gasteiger charge is -2.35. The number of benzene rings is 10. The Balaban J connectivity index is 1.11. The molecule has 0 atom stereocenters. The molecule has 0 radical (unpaired) electrons. The predicted octanol–water partition coefficient (Wildman–Crippen LogP) is 17.2. The molecule has 0 N–H and O–H groups in total. The number of nitrogens with zero attached hydrogens (tertiary/aromatic N) is 1. The van der Waals surface area contributed by atoms with E-state index in [9.17, 15) is 0 Å². The van der Waals surface area contributed by atoms with Crippen LogP contribution in [0, 0.1) is 0 Å². The maximum absolute atomic E-state index is 6.95. The van der Waals surface area contributed by atoms with E-state index in [0.29, 0.717) is 0 Å². The molecule has 12 aromatic rings. The minimum atomic E-state index is -0.579. The van der Waals surface area contributed by atoms with Crippen LogP contribution in [0.15, 0.2) is 217 Å². The lowest BCUT2D eigenvalue weighted by Crippen LogP contribution is -2.29. The molecular weight excluding hydrogens is 807 g/mol. The molecule has 2 aliphatic rings. The Morgan fingerprint density at radius 3 is 1.80 bits per heavy atom. The molecule has 306 valence electrons. The van der Waals surface area contributed by atoms with Gasteiger partial charge in [-0.3, -0.25) is 0 Å². The van der Waals surface area contributed by atoms with Crippen LogP contribution in [0.25, 0.3) is 75.1 Å². The Morgan fingerprint density at radius 1 is 0.415 bits per heavy atom. The van der Waals surface area contributed by atoms with Crippen molar-refractivity contribution in [3.8, 4) is 22.3 Å². The van der Waals surface area contributed by atoms with E-state index in [4.69, 9.17) is 4.42 Å². The fourth-order valence-electron chi connectivity index (χ4n) is 11.8. The first-order valence-corrected chi connectivity index (χ1v) is 23.4. The molecule has 14 rings (SSSR count). The standard InChI is InChI=1S/C62H41NOS/c1-61(2)51-24-12-8-20-44(51)47-32-29-41(36-54(47)61)63(42-30-33-48-49-31-28-38-16-6-7-19-43(38)60(49)64-56(48)37-42)55-34-40(35-58-59(55)50-23-11-15-27-57(50)65-58)62(39-17-4-3-5-18-39)52-25-13-9-21-45(52)46-22-10-14-26-53(46)62/h3-37H,1-2H3. The highest BCUT2D eigenvalue weighted by atomic mass is 32.1. The van der Waals surface area contributed by atoms with Crippen LogP contribution in [0.2, 0.25) is 0 Å². The van der Waals surface area contributed by atoms with Crippen molar-refractivity contribution in [1.82, 2.24) is 0 Å². The molecule has 2 aliphatic carbocycles. The zero-order chi connectivity index (χ0) is 43.0. The minimum Gasteiger partial charge on any atom is -0.455 e. The molecule has 0 amide bonds. The Morgan fingerprint density at radius 2 is 1.02 bits per heavy atom. The summed E-state index contributed by atoms with van der Waals surface area (Å²) in [4.78, 5) is 2.53. The van der Waals surface area contributed by atoms with Crippen LogP contribution in [0.3, 0.4) is 0 Å². The fourth-order valence-corrected chi connectivity index (χ4v) is 13.0. The van der Waals surface area contributed by atoms with E-state index >= 15 is 0 Å². The van der Waals surface area contributed by atoms with E-state index in [1.165, 1.54) is 81.2 Å². The molecule has 3 heteroatoms.